The molecule has 6 nitrogen and oxygen atoms in total. The van der Waals surface area contributed by atoms with Gasteiger partial charge >= 0.3 is 0 Å². The molecule has 0 radical (unpaired) electrons. The highest BCUT2D eigenvalue weighted by Crippen LogP contribution is 2.17. The third-order valence-corrected chi connectivity index (χ3v) is 6.46. The van der Waals surface area contributed by atoms with Gasteiger partial charge in [-0.05, 0) is 49.8 Å². The van der Waals surface area contributed by atoms with Crippen LogP contribution in [0.15, 0.2) is 23.2 Å². The van der Waals surface area contributed by atoms with Crippen molar-refractivity contribution >= 4 is 51.7 Å². The molecular formula is C18H32FIN4O2S2. The lowest BCUT2D eigenvalue weighted by atomic mass is 10.1. The molecule has 162 valence electrons. The molecule has 0 amide bonds. The van der Waals surface area contributed by atoms with E-state index in [0.29, 0.717) is 32.0 Å². The molecule has 28 heavy (non-hydrogen) atoms. The Bertz CT molecular complexity index is 718. The van der Waals surface area contributed by atoms with Crippen molar-refractivity contribution in [1.29, 1.82) is 0 Å². The summed E-state index contributed by atoms with van der Waals surface area (Å²) in [5, 5.41) is 6.39. The third kappa shape index (κ3) is 9.75. The van der Waals surface area contributed by atoms with Crippen molar-refractivity contribution in [2.75, 3.05) is 38.7 Å². The first kappa shape index (κ1) is 27.4. The van der Waals surface area contributed by atoms with Gasteiger partial charge in [0.25, 0.3) is 0 Å². The zero-order chi connectivity index (χ0) is 20.3. The smallest absolute Gasteiger partial charge is 0.213 e. The number of nitrogens with zero attached hydrogens (tertiary/aromatic N) is 2. The topological polar surface area (TPSA) is 73.8 Å². The standard InChI is InChI=1S/C18H31FN4O2S2.HI/c1-5-20-18(21-10-7-11-23(3)27(24,25)6-2)22-13-15-8-9-17(19)12-16(15)14-26-4;/h8-9,12H,5-7,10-11,13-14H2,1-4H3,(H2,20,21,22);1H. The molecule has 0 saturated carbocycles. The largest absolute Gasteiger partial charge is 0.357 e. The number of benzene rings is 1. The minimum Gasteiger partial charge on any atom is -0.357 e. The molecule has 0 aliphatic rings. The Morgan fingerprint density at radius 3 is 2.57 bits per heavy atom. The number of hydrogen-bond donors (Lipinski definition) is 2. The summed E-state index contributed by atoms with van der Waals surface area (Å²) in [6.45, 7) is 5.86. The maximum absolute atomic E-state index is 13.5. The van der Waals surface area contributed by atoms with E-state index in [1.807, 2.05) is 13.2 Å². The van der Waals surface area contributed by atoms with Gasteiger partial charge in [0.15, 0.2) is 5.96 Å². The number of sulfonamides is 1. The highest BCUT2D eigenvalue weighted by Gasteiger charge is 2.14. The van der Waals surface area contributed by atoms with Crippen LogP contribution in [-0.2, 0) is 22.3 Å². The second-order valence-electron chi connectivity index (χ2n) is 6.04. The molecule has 0 fully saturated rings. The first-order valence-electron chi connectivity index (χ1n) is 9.06. The molecule has 0 aromatic heterocycles. The molecule has 0 heterocycles. The van der Waals surface area contributed by atoms with Crippen LogP contribution in [0.5, 0.6) is 0 Å². The molecule has 1 aromatic carbocycles. The third-order valence-electron chi connectivity index (χ3n) is 4.00. The van der Waals surface area contributed by atoms with E-state index in [1.165, 1.54) is 10.4 Å². The van der Waals surface area contributed by atoms with Crippen molar-refractivity contribution in [3.8, 4) is 0 Å². The fourth-order valence-corrected chi connectivity index (χ4v) is 3.84. The van der Waals surface area contributed by atoms with E-state index in [2.05, 4.69) is 15.6 Å². The van der Waals surface area contributed by atoms with E-state index in [-0.39, 0.29) is 35.5 Å². The van der Waals surface area contributed by atoms with E-state index < -0.39 is 10.0 Å². The number of rotatable bonds is 11. The molecule has 0 aliphatic heterocycles. The van der Waals surface area contributed by atoms with E-state index in [1.54, 1.807) is 37.9 Å². The molecule has 2 N–H and O–H groups in total. The summed E-state index contributed by atoms with van der Waals surface area (Å²) < 4.78 is 38.3. The molecule has 0 spiro atoms. The molecule has 10 heteroatoms. The molecule has 0 aliphatic carbocycles. The van der Waals surface area contributed by atoms with Gasteiger partial charge in [-0.15, -0.1) is 24.0 Å². The van der Waals surface area contributed by atoms with Crippen LogP contribution in [0.1, 0.15) is 31.4 Å². The average Bonchev–Trinajstić information content (AvgIpc) is 2.64. The van der Waals surface area contributed by atoms with Crippen molar-refractivity contribution in [2.45, 2.75) is 32.6 Å². The Morgan fingerprint density at radius 2 is 1.96 bits per heavy atom. The monoisotopic (exact) mass is 546 g/mol. The predicted octanol–water partition coefficient (Wildman–Crippen LogP) is 3.03. The van der Waals surface area contributed by atoms with E-state index >= 15 is 0 Å². The summed E-state index contributed by atoms with van der Waals surface area (Å²) in [5.74, 6) is 1.28. The molecular weight excluding hydrogens is 514 g/mol. The Morgan fingerprint density at radius 1 is 1.25 bits per heavy atom. The van der Waals surface area contributed by atoms with E-state index in [4.69, 9.17) is 0 Å². The second kappa shape index (κ2) is 14.4. The number of halogens is 2. The number of hydrogen-bond acceptors (Lipinski definition) is 4. The predicted molar refractivity (Wildman–Crippen MR) is 129 cm³/mol. The summed E-state index contributed by atoms with van der Waals surface area (Å²) >= 11 is 1.65. The van der Waals surface area contributed by atoms with Gasteiger partial charge in [-0.1, -0.05) is 6.07 Å². The van der Waals surface area contributed by atoms with Crippen molar-refractivity contribution in [2.24, 2.45) is 4.99 Å². The molecule has 1 rings (SSSR count). The van der Waals surface area contributed by atoms with Crippen LogP contribution >= 0.6 is 35.7 Å². The fourth-order valence-electron chi connectivity index (χ4n) is 2.41. The number of nitrogens with one attached hydrogen (secondary N) is 2. The van der Waals surface area contributed by atoms with Gasteiger partial charge in [0, 0.05) is 32.4 Å². The Balaban J connectivity index is 0.00000729. The summed E-state index contributed by atoms with van der Waals surface area (Å²) in [6, 6.07) is 4.79. The van der Waals surface area contributed by atoms with Gasteiger partial charge < -0.3 is 10.6 Å². The zero-order valence-electron chi connectivity index (χ0n) is 17.0. The summed E-state index contributed by atoms with van der Waals surface area (Å²) in [7, 11) is -1.54. The molecule has 0 atom stereocenters. The van der Waals surface area contributed by atoms with Gasteiger partial charge in [0.2, 0.25) is 10.0 Å². The quantitative estimate of drug-likeness (QED) is 0.193. The van der Waals surface area contributed by atoms with Gasteiger partial charge in [-0.2, -0.15) is 11.8 Å². The highest BCUT2D eigenvalue weighted by molar-refractivity contribution is 14.0. The van der Waals surface area contributed by atoms with Gasteiger partial charge in [-0.25, -0.2) is 22.1 Å². The lowest BCUT2D eigenvalue weighted by Gasteiger charge is -2.17. The van der Waals surface area contributed by atoms with Crippen LogP contribution in [0.4, 0.5) is 4.39 Å². The first-order chi connectivity index (χ1) is 12.8. The van der Waals surface area contributed by atoms with Gasteiger partial charge in [0.05, 0.1) is 12.3 Å². The lowest BCUT2D eigenvalue weighted by molar-refractivity contribution is 0.461. The van der Waals surface area contributed by atoms with Crippen LogP contribution in [0.2, 0.25) is 0 Å². The minimum atomic E-state index is -3.14. The second-order valence-corrected chi connectivity index (χ2v) is 9.27. The van der Waals surface area contributed by atoms with Crippen LogP contribution in [0.3, 0.4) is 0 Å². The lowest BCUT2D eigenvalue weighted by Crippen LogP contribution is -2.39. The zero-order valence-corrected chi connectivity index (χ0v) is 21.0. The first-order valence-corrected chi connectivity index (χ1v) is 12.1. The van der Waals surface area contributed by atoms with E-state index in [0.717, 1.165) is 23.4 Å². The van der Waals surface area contributed by atoms with Crippen molar-refractivity contribution in [1.82, 2.24) is 14.9 Å². The Kier molecular flexibility index (Phi) is 14.1. The Labute approximate surface area is 190 Å². The van der Waals surface area contributed by atoms with Crippen LogP contribution in [0, 0.1) is 5.82 Å². The molecule has 0 unspecified atom stereocenters. The van der Waals surface area contributed by atoms with Crippen molar-refractivity contribution < 1.29 is 12.8 Å². The Hall–Kier alpha value is -0.590. The normalized spacial score (nSPS) is 12.0. The molecule has 0 saturated heterocycles. The van der Waals surface area contributed by atoms with Gasteiger partial charge in [0.1, 0.15) is 5.82 Å². The van der Waals surface area contributed by atoms with Crippen molar-refractivity contribution in [3.63, 3.8) is 0 Å². The van der Waals surface area contributed by atoms with Crippen LogP contribution in [0.25, 0.3) is 0 Å². The van der Waals surface area contributed by atoms with E-state index in [9.17, 15) is 12.8 Å². The highest BCUT2D eigenvalue weighted by atomic mass is 127. The maximum Gasteiger partial charge on any atom is 0.213 e. The summed E-state index contributed by atoms with van der Waals surface area (Å²) in [5.41, 5.74) is 1.95. The number of guanidine groups is 1. The number of thioether (sulfide) groups is 1. The molecule has 1 aromatic rings. The van der Waals surface area contributed by atoms with Crippen LogP contribution in [-0.4, -0.2) is 57.4 Å². The van der Waals surface area contributed by atoms with Gasteiger partial charge in [-0.3, -0.25) is 0 Å². The summed E-state index contributed by atoms with van der Waals surface area (Å²) in [4.78, 5) is 4.57. The molecule has 0 bridgehead atoms. The van der Waals surface area contributed by atoms with Crippen LogP contribution < -0.4 is 10.6 Å². The minimum absolute atomic E-state index is 0. The fraction of sp³-hybridized carbons (Fsp3) is 0.611. The maximum atomic E-state index is 13.5. The SMILES string of the molecule is CCNC(=NCc1ccc(F)cc1CSC)NCCCN(C)S(=O)(=O)CC.I. The summed E-state index contributed by atoms with van der Waals surface area (Å²) in [6.07, 6.45) is 2.66. The number of aliphatic imine (C=N–C) groups is 1. The van der Waals surface area contributed by atoms with Crippen molar-refractivity contribution in [3.05, 3.63) is 35.1 Å². The average molecular weight is 547 g/mol.